The minimum atomic E-state index is -0.642. The molecule has 6 heteroatoms. The maximum Gasteiger partial charge on any atom is 0.254 e. The third-order valence-corrected chi connectivity index (χ3v) is 3.99. The molecule has 1 saturated heterocycles. The topological polar surface area (TPSA) is 72.8 Å². The van der Waals surface area contributed by atoms with Gasteiger partial charge < -0.3 is 20.4 Å². The lowest BCUT2D eigenvalue weighted by Gasteiger charge is -2.31. The van der Waals surface area contributed by atoms with Crippen molar-refractivity contribution in [1.29, 1.82) is 0 Å². The molecule has 1 aromatic rings. The van der Waals surface area contributed by atoms with E-state index in [4.69, 9.17) is 0 Å². The van der Waals surface area contributed by atoms with Gasteiger partial charge in [0.05, 0.1) is 5.56 Å². The third kappa shape index (κ3) is 4.68. The summed E-state index contributed by atoms with van der Waals surface area (Å²) < 4.78 is 13.5. The predicted octanol–water partition coefficient (Wildman–Crippen LogP) is 1.36. The number of aliphatic hydroxyl groups excluding tert-OH is 1. The van der Waals surface area contributed by atoms with Crippen molar-refractivity contribution in [2.75, 3.05) is 32.8 Å². The molecule has 122 valence electrons. The van der Waals surface area contributed by atoms with Crippen molar-refractivity contribution in [3.63, 3.8) is 0 Å². The van der Waals surface area contributed by atoms with Crippen LogP contribution in [-0.4, -0.2) is 53.8 Å². The Hall–Kier alpha value is -1.66. The van der Waals surface area contributed by atoms with Crippen LogP contribution in [0, 0.1) is 11.7 Å². The molecule has 2 rings (SSSR count). The molecule has 0 bridgehead atoms. The molecule has 0 aliphatic carbocycles. The van der Waals surface area contributed by atoms with Gasteiger partial charge in [0, 0.05) is 19.7 Å². The zero-order valence-corrected chi connectivity index (χ0v) is 12.6. The van der Waals surface area contributed by atoms with Gasteiger partial charge in [-0.2, -0.15) is 0 Å². The Morgan fingerprint density at radius 3 is 3.05 bits per heavy atom. The fourth-order valence-electron chi connectivity index (χ4n) is 2.79. The highest BCUT2D eigenvalue weighted by atomic mass is 19.1. The maximum absolute atomic E-state index is 13.5. The molecule has 0 radical (unpaired) electrons. The van der Waals surface area contributed by atoms with E-state index in [9.17, 15) is 19.4 Å². The van der Waals surface area contributed by atoms with Gasteiger partial charge in [0.1, 0.15) is 11.6 Å². The van der Waals surface area contributed by atoms with Crippen molar-refractivity contribution in [2.24, 2.45) is 5.92 Å². The first-order valence-electron chi connectivity index (χ1n) is 7.70. The molecule has 0 spiro atoms. The molecule has 0 saturated carbocycles. The Morgan fingerprint density at radius 1 is 1.45 bits per heavy atom. The van der Waals surface area contributed by atoms with Crippen LogP contribution < -0.4 is 5.32 Å². The van der Waals surface area contributed by atoms with E-state index in [1.165, 1.54) is 6.07 Å². The average molecular weight is 310 g/mol. The maximum atomic E-state index is 13.5. The quantitative estimate of drug-likeness (QED) is 0.694. The van der Waals surface area contributed by atoms with Gasteiger partial charge in [-0.15, -0.1) is 0 Å². The Balaban J connectivity index is 1.72. The van der Waals surface area contributed by atoms with Crippen molar-refractivity contribution >= 4 is 5.91 Å². The number of piperidine rings is 1. The van der Waals surface area contributed by atoms with Crippen LogP contribution in [0.5, 0.6) is 5.75 Å². The second-order valence-electron chi connectivity index (χ2n) is 5.77. The average Bonchev–Trinajstić information content (AvgIpc) is 2.54. The summed E-state index contributed by atoms with van der Waals surface area (Å²) in [5.41, 5.74) is -0.140. The van der Waals surface area contributed by atoms with E-state index < -0.39 is 11.7 Å². The van der Waals surface area contributed by atoms with Crippen LogP contribution in [0.15, 0.2) is 18.2 Å². The zero-order valence-electron chi connectivity index (χ0n) is 12.6. The number of benzene rings is 1. The normalized spacial score (nSPS) is 19.1. The first-order chi connectivity index (χ1) is 10.6. The zero-order chi connectivity index (χ0) is 15.9. The van der Waals surface area contributed by atoms with E-state index >= 15 is 0 Å². The number of phenols is 1. The van der Waals surface area contributed by atoms with Crippen LogP contribution in [0.25, 0.3) is 0 Å². The summed E-state index contributed by atoms with van der Waals surface area (Å²) >= 11 is 0. The Morgan fingerprint density at radius 2 is 2.27 bits per heavy atom. The smallest absolute Gasteiger partial charge is 0.254 e. The fourth-order valence-corrected chi connectivity index (χ4v) is 2.79. The van der Waals surface area contributed by atoms with Gasteiger partial charge in [0.15, 0.2) is 0 Å². The number of phenolic OH excluding ortho intramolecular Hbond substituents is 1. The van der Waals surface area contributed by atoms with E-state index in [-0.39, 0.29) is 17.9 Å². The fraction of sp³-hybridized carbons (Fsp3) is 0.562. The second kappa shape index (κ2) is 8.10. The third-order valence-electron chi connectivity index (χ3n) is 3.99. The van der Waals surface area contributed by atoms with Crippen molar-refractivity contribution in [2.45, 2.75) is 19.3 Å². The van der Waals surface area contributed by atoms with Gasteiger partial charge in [-0.1, -0.05) is 0 Å². The summed E-state index contributed by atoms with van der Waals surface area (Å²) in [5.74, 6) is -0.933. The summed E-state index contributed by atoms with van der Waals surface area (Å²) in [6, 6.07) is 3.41. The van der Waals surface area contributed by atoms with Gasteiger partial charge in [0.25, 0.3) is 5.91 Å². The highest BCUT2D eigenvalue weighted by Gasteiger charge is 2.18. The van der Waals surface area contributed by atoms with Gasteiger partial charge in [-0.3, -0.25) is 4.79 Å². The van der Waals surface area contributed by atoms with Crippen molar-refractivity contribution < 1.29 is 19.4 Å². The summed E-state index contributed by atoms with van der Waals surface area (Å²) in [6.07, 6.45) is 2.93. The van der Waals surface area contributed by atoms with E-state index in [1.807, 2.05) is 0 Å². The van der Waals surface area contributed by atoms with Crippen molar-refractivity contribution in [1.82, 2.24) is 10.2 Å². The largest absolute Gasteiger partial charge is 0.508 e. The van der Waals surface area contributed by atoms with Crippen LogP contribution in [0.2, 0.25) is 0 Å². The molecule has 1 unspecified atom stereocenters. The SMILES string of the molecule is O=C(NCCCN1CCCC(CO)C1)c1cc(O)ccc1F. The van der Waals surface area contributed by atoms with Crippen LogP contribution in [0.3, 0.4) is 0 Å². The number of hydrogen-bond acceptors (Lipinski definition) is 4. The predicted molar refractivity (Wildman–Crippen MR) is 81.3 cm³/mol. The number of aromatic hydroxyl groups is 1. The second-order valence-corrected chi connectivity index (χ2v) is 5.77. The molecule has 1 aliphatic rings. The molecule has 1 atom stereocenters. The summed E-state index contributed by atoms with van der Waals surface area (Å²) in [7, 11) is 0. The molecule has 0 aromatic heterocycles. The van der Waals surface area contributed by atoms with Crippen molar-refractivity contribution in [3.8, 4) is 5.75 Å². The van der Waals surface area contributed by atoms with E-state index in [0.717, 1.165) is 51.0 Å². The Kier molecular flexibility index (Phi) is 6.15. The first-order valence-corrected chi connectivity index (χ1v) is 7.70. The van der Waals surface area contributed by atoms with Gasteiger partial charge in [-0.05, 0) is 56.5 Å². The number of carbonyl (C=O) groups is 1. The lowest BCUT2D eigenvalue weighted by atomic mass is 9.99. The minimum absolute atomic E-state index is 0.130. The summed E-state index contributed by atoms with van der Waals surface area (Å²) in [4.78, 5) is 14.1. The molecule has 5 nitrogen and oxygen atoms in total. The van der Waals surface area contributed by atoms with Crippen LogP contribution in [-0.2, 0) is 0 Å². The molecule has 1 amide bonds. The number of likely N-dealkylation sites (tertiary alicyclic amines) is 1. The molecular weight excluding hydrogens is 287 g/mol. The minimum Gasteiger partial charge on any atom is -0.508 e. The number of carbonyl (C=O) groups excluding carboxylic acids is 1. The molecule has 1 aliphatic heterocycles. The molecule has 1 fully saturated rings. The molecule has 22 heavy (non-hydrogen) atoms. The van der Waals surface area contributed by atoms with Crippen LogP contribution in [0.1, 0.15) is 29.6 Å². The Bertz CT molecular complexity index is 510. The number of aliphatic hydroxyl groups is 1. The number of nitrogens with zero attached hydrogens (tertiary/aromatic N) is 1. The summed E-state index contributed by atoms with van der Waals surface area (Å²) in [5, 5.41) is 21.2. The lowest BCUT2D eigenvalue weighted by Crippen LogP contribution is -2.38. The molecular formula is C16H23FN2O3. The van der Waals surface area contributed by atoms with Crippen molar-refractivity contribution in [3.05, 3.63) is 29.6 Å². The van der Waals surface area contributed by atoms with E-state index in [2.05, 4.69) is 10.2 Å². The first kappa shape index (κ1) is 16.7. The number of hydrogen-bond donors (Lipinski definition) is 3. The highest BCUT2D eigenvalue weighted by Crippen LogP contribution is 2.16. The summed E-state index contributed by atoms with van der Waals surface area (Å²) in [6.45, 7) is 3.44. The molecule has 1 aromatic carbocycles. The molecule has 3 N–H and O–H groups in total. The number of amides is 1. The van der Waals surface area contributed by atoms with Crippen LogP contribution in [0.4, 0.5) is 4.39 Å². The van der Waals surface area contributed by atoms with E-state index in [1.54, 1.807) is 0 Å². The van der Waals surface area contributed by atoms with Crippen LogP contribution >= 0.6 is 0 Å². The van der Waals surface area contributed by atoms with E-state index in [0.29, 0.717) is 12.5 Å². The highest BCUT2D eigenvalue weighted by molar-refractivity contribution is 5.94. The lowest BCUT2D eigenvalue weighted by molar-refractivity contribution is 0.0942. The number of halogens is 1. The number of nitrogens with one attached hydrogen (secondary N) is 1. The van der Waals surface area contributed by atoms with Gasteiger partial charge in [0.2, 0.25) is 0 Å². The van der Waals surface area contributed by atoms with Gasteiger partial charge >= 0.3 is 0 Å². The molecule has 1 heterocycles. The number of rotatable bonds is 6. The standard InChI is InChI=1S/C16H23FN2O3/c17-15-5-4-13(21)9-14(15)16(22)18-6-2-8-19-7-1-3-12(10-19)11-20/h4-5,9,12,20-21H,1-3,6-8,10-11H2,(H,18,22). The Labute approximate surface area is 129 Å². The van der Waals surface area contributed by atoms with Gasteiger partial charge in [-0.25, -0.2) is 4.39 Å². The monoisotopic (exact) mass is 310 g/mol.